The average molecular weight is 293 g/mol. The number of hydrogen-bond donors (Lipinski definition) is 1. The predicted octanol–water partition coefficient (Wildman–Crippen LogP) is 3.12. The molecule has 2 bridgehead atoms. The van der Waals surface area contributed by atoms with Crippen molar-refractivity contribution >= 4 is 11.3 Å². The monoisotopic (exact) mass is 293 g/mol. The van der Waals surface area contributed by atoms with Gasteiger partial charge < -0.3 is 10.2 Å². The molecule has 0 aromatic carbocycles. The van der Waals surface area contributed by atoms with Crippen LogP contribution in [-0.4, -0.2) is 30.0 Å². The molecule has 1 heterocycles. The van der Waals surface area contributed by atoms with Crippen molar-refractivity contribution in [1.29, 1.82) is 0 Å². The zero-order valence-corrected chi connectivity index (χ0v) is 13.6. The van der Waals surface area contributed by atoms with Crippen LogP contribution in [0.4, 0.5) is 0 Å². The van der Waals surface area contributed by atoms with E-state index < -0.39 is 0 Å². The first-order valence-corrected chi connectivity index (χ1v) is 8.95. The lowest BCUT2D eigenvalue weighted by Crippen LogP contribution is -2.28. The molecular weight excluding hydrogens is 266 g/mol. The van der Waals surface area contributed by atoms with E-state index in [1.807, 2.05) is 0 Å². The number of rotatable bonds is 7. The molecule has 2 aliphatic rings. The van der Waals surface area contributed by atoms with Crippen LogP contribution in [0.5, 0.6) is 0 Å². The molecule has 1 N–H and O–H groups in total. The third-order valence-corrected chi connectivity index (χ3v) is 5.89. The fourth-order valence-electron chi connectivity index (χ4n) is 4.08. The summed E-state index contributed by atoms with van der Waals surface area (Å²) in [4.78, 5) is 7.21. The molecule has 4 heteroatoms. The van der Waals surface area contributed by atoms with Crippen molar-refractivity contribution in [3.05, 3.63) is 16.1 Å². The molecule has 1 aromatic rings. The molecule has 0 saturated heterocycles. The van der Waals surface area contributed by atoms with Gasteiger partial charge in [-0.3, -0.25) is 0 Å². The Hall–Kier alpha value is -0.450. The highest BCUT2D eigenvalue weighted by Crippen LogP contribution is 2.48. The van der Waals surface area contributed by atoms with Crippen molar-refractivity contribution in [3.8, 4) is 0 Å². The SMILES string of the molecule is CCNCc1nc(CN(C)CC2CC3CCC2C3)cs1. The van der Waals surface area contributed by atoms with Crippen LogP contribution >= 0.6 is 11.3 Å². The molecular formula is C16H27N3S. The van der Waals surface area contributed by atoms with Gasteiger partial charge in [-0.25, -0.2) is 4.98 Å². The van der Waals surface area contributed by atoms with E-state index in [1.165, 1.54) is 42.9 Å². The van der Waals surface area contributed by atoms with Crippen LogP contribution in [0.15, 0.2) is 5.38 Å². The summed E-state index contributed by atoms with van der Waals surface area (Å²) in [6.45, 7) is 6.34. The number of nitrogens with zero attached hydrogens (tertiary/aromatic N) is 2. The van der Waals surface area contributed by atoms with Gasteiger partial charge in [-0.1, -0.05) is 13.3 Å². The third-order valence-electron chi connectivity index (χ3n) is 4.99. The van der Waals surface area contributed by atoms with Gasteiger partial charge >= 0.3 is 0 Å². The van der Waals surface area contributed by atoms with Gasteiger partial charge in [0.15, 0.2) is 0 Å². The standard InChI is InChI=1S/C16H27N3S/c1-3-17-8-16-18-15(11-20-16)10-19(2)9-14-7-12-4-5-13(14)6-12/h11-14,17H,3-10H2,1-2H3. The van der Waals surface area contributed by atoms with Gasteiger partial charge in [0.2, 0.25) is 0 Å². The second-order valence-electron chi connectivity index (χ2n) is 6.64. The lowest BCUT2D eigenvalue weighted by Gasteiger charge is -2.26. The Morgan fingerprint density at radius 3 is 3.00 bits per heavy atom. The van der Waals surface area contributed by atoms with Crippen molar-refractivity contribution in [1.82, 2.24) is 15.2 Å². The maximum atomic E-state index is 4.72. The van der Waals surface area contributed by atoms with E-state index in [0.29, 0.717) is 0 Å². The summed E-state index contributed by atoms with van der Waals surface area (Å²) < 4.78 is 0. The molecule has 3 atom stereocenters. The Labute approximate surface area is 126 Å². The van der Waals surface area contributed by atoms with Crippen LogP contribution in [0.1, 0.15) is 43.3 Å². The molecule has 3 nitrogen and oxygen atoms in total. The zero-order chi connectivity index (χ0) is 13.9. The lowest BCUT2D eigenvalue weighted by atomic mass is 9.88. The summed E-state index contributed by atoms with van der Waals surface area (Å²) >= 11 is 1.79. The van der Waals surface area contributed by atoms with E-state index in [-0.39, 0.29) is 0 Å². The summed E-state index contributed by atoms with van der Waals surface area (Å²) in [5.41, 5.74) is 1.24. The number of thiazole rings is 1. The molecule has 20 heavy (non-hydrogen) atoms. The van der Waals surface area contributed by atoms with Crippen molar-refractivity contribution in [2.75, 3.05) is 20.1 Å². The van der Waals surface area contributed by atoms with Gasteiger partial charge in [0, 0.05) is 25.0 Å². The lowest BCUT2D eigenvalue weighted by molar-refractivity contribution is 0.213. The first-order chi connectivity index (χ1) is 9.74. The van der Waals surface area contributed by atoms with Crippen LogP contribution in [0.25, 0.3) is 0 Å². The zero-order valence-electron chi connectivity index (χ0n) is 12.8. The van der Waals surface area contributed by atoms with Crippen molar-refractivity contribution in [2.24, 2.45) is 17.8 Å². The number of hydrogen-bond acceptors (Lipinski definition) is 4. The van der Waals surface area contributed by atoms with Crippen molar-refractivity contribution in [2.45, 2.75) is 45.7 Å². The molecule has 2 aliphatic carbocycles. The summed E-state index contributed by atoms with van der Waals surface area (Å²) in [6, 6.07) is 0. The summed E-state index contributed by atoms with van der Waals surface area (Å²) in [6.07, 6.45) is 6.00. The number of fused-ring (bicyclic) bond motifs is 2. The Morgan fingerprint density at radius 2 is 2.30 bits per heavy atom. The van der Waals surface area contributed by atoms with Crippen LogP contribution in [0, 0.1) is 17.8 Å². The highest BCUT2D eigenvalue weighted by atomic mass is 32.1. The fourth-order valence-corrected chi connectivity index (χ4v) is 4.83. The minimum absolute atomic E-state index is 0.914. The first kappa shape index (κ1) is 14.5. The Balaban J connectivity index is 1.46. The maximum Gasteiger partial charge on any atom is 0.107 e. The summed E-state index contributed by atoms with van der Waals surface area (Å²) in [7, 11) is 2.26. The molecule has 3 rings (SSSR count). The average Bonchev–Trinajstić information content (AvgIpc) is 3.12. The maximum absolute atomic E-state index is 4.72. The second-order valence-corrected chi connectivity index (χ2v) is 7.59. The molecule has 0 radical (unpaired) electrons. The normalized spacial score (nSPS) is 28.6. The predicted molar refractivity (Wildman–Crippen MR) is 84.8 cm³/mol. The van der Waals surface area contributed by atoms with Gasteiger partial charge in [-0.15, -0.1) is 11.3 Å². The Bertz CT molecular complexity index is 431. The van der Waals surface area contributed by atoms with Crippen LogP contribution < -0.4 is 5.32 Å². The molecule has 1 aromatic heterocycles. The number of nitrogens with one attached hydrogen (secondary N) is 1. The van der Waals surface area contributed by atoms with E-state index in [1.54, 1.807) is 11.3 Å². The third kappa shape index (κ3) is 3.41. The van der Waals surface area contributed by atoms with E-state index in [4.69, 9.17) is 4.98 Å². The number of aromatic nitrogens is 1. The molecule has 2 fully saturated rings. The highest BCUT2D eigenvalue weighted by Gasteiger charge is 2.39. The second kappa shape index (κ2) is 6.54. The van der Waals surface area contributed by atoms with Gasteiger partial charge in [-0.05, 0) is 50.6 Å². The van der Waals surface area contributed by atoms with Crippen molar-refractivity contribution in [3.63, 3.8) is 0 Å². The van der Waals surface area contributed by atoms with E-state index in [9.17, 15) is 0 Å². The van der Waals surface area contributed by atoms with Crippen LogP contribution in [-0.2, 0) is 13.1 Å². The molecule has 0 spiro atoms. The van der Waals surface area contributed by atoms with Gasteiger partial charge in [0.1, 0.15) is 5.01 Å². The molecule has 112 valence electrons. The van der Waals surface area contributed by atoms with E-state index >= 15 is 0 Å². The van der Waals surface area contributed by atoms with E-state index in [2.05, 4.69) is 29.6 Å². The first-order valence-electron chi connectivity index (χ1n) is 8.07. The van der Waals surface area contributed by atoms with Gasteiger partial charge in [0.25, 0.3) is 0 Å². The topological polar surface area (TPSA) is 28.2 Å². The molecule has 0 aliphatic heterocycles. The Kier molecular flexibility index (Phi) is 4.74. The fraction of sp³-hybridized carbons (Fsp3) is 0.812. The minimum atomic E-state index is 0.914. The van der Waals surface area contributed by atoms with Crippen LogP contribution in [0.3, 0.4) is 0 Å². The Morgan fingerprint density at radius 1 is 1.40 bits per heavy atom. The van der Waals surface area contributed by atoms with Crippen LogP contribution in [0.2, 0.25) is 0 Å². The van der Waals surface area contributed by atoms with Gasteiger partial charge in [-0.2, -0.15) is 0 Å². The highest BCUT2D eigenvalue weighted by molar-refractivity contribution is 7.09. The smallest absolute Gasteiger partial charge is 0.107 e. The quantitative estimate of drug-likeness (QED) is 0.837. The summed E-state index contributed by atoms with van der Waals surface area (Å²) in [5, 5.41) is 6.79. The van der Waals surface area contributed by atoms with E-state index in [0.717, 1.165) is 37.4 Å². The van der Waals surface area contributed by atoms with Crippen molar-refractivity contribution < 1.29 is 0 Å². The largest absolute Gasteiger partial charge is 0.311 e. The van der Waals surface area contributed by atoms with Gasteiger partial charge in [0.05, 0.1) is 5.69 Å². The molecule has 0 amide bonds. The molecule has 2 saturated carbocycles. The summed E-state index contributed by atoms with van der Waals surface area (Å²) in [5.74, 6) is 3.05. The molecule has 3 unspecified atom stereocenters. The minimum Gasteiger partial charge on any atom is -0.311 e.